The Kier molecular flexibility index (Phi) is 5.74. The van der Waals surface area contributed by atoms with Gasteiger partial charge in [-0.15, -0.1) is 11.3 Å². The monoisotopic (exact) mass is 437 g/mol. The first kappa shape index (κ1) is 20.4. The zero-order valence-corrected chi connectivity index (χ0v) is 19.0. The molecule has 0 unspecified atom stereocenters. The number of anilines is 1. The zero-order chi connectivity index (χ0) is 21.3. The lowest BCUT2D eigenvalue weighted by Gasteiger charge is -2.19. The molecule has 1 aliphatic rings. The Morgan fingerprint density at radius 1 is 0.967 bits per heavy atom. The highest BCUT2D eigenvalue weighted by Crippen LogP contribution is 2.36. The van der Waals surface area contributed by atoms with Crippen LogP contribution in [0, 0.1) is 13.8 Å². The predicted molar refractivity (Wildman–Crippen MR) is 127 cm³/mol. The summed E-state index contributed by atoms with van der Waals surface area (Å²) in [5.41, 5.74) is 5.32. The van der Waals surface area contributed by atoms with Crippen LogP contribution in [-0.4, -0.2) is 30.1 Å². The van der Waals surface area contributed by atoms with Crippen molar-refractivity contribution in [3.8, 4) is 11.5 Å². The Morgan fingerprint density at radius 3 is 2.17 bits per heavy atom. The SMILES string of the molecule is COc1ccc(CN2N=C(c3ccc(OC)cc3)c3c(sc(C)c3C)NC2=S)cc1. The topological polar surface area (TPSA) is 46.1 Å². The summed E-state index contributed by atoms with van der Waals surface area (Å²) in [6, 6.07) is 15.9. The second-order valence-corrected chi connectivity index (χ2v) is 8.61. The molecule has 3 aromatic rings. The van der Waals surface area contributed by atoms with Crippen LogP contribution in [0.15, 0.2) is 53.6 Å². The maximum atomic E-state index is 5.70. The molecule has 1 aliphatic heterocycles. The van der Waals surface area contributed by atoms with Crippen molar-refractivity contribution in [3.63, 3.8) is 0 Å². The van der Waals surface area contributed by atoms with Crippen LogP contribution in [0.5, 0.6) is 11.5 Å². The van der Waals surface area contributed by atoms with E-state index in [0.717, 1.165) is 38.9 Å². The van der Waals surface area contributed by atoms with E-state index < -0.39 is 0 Å². The van der Waals surface area contributed by atoms with Crippen LogP contribution in [0.1, 0.15) is 27.1 Å². The Hall–Kier alpha value is -2.90. The third-order valence-corrected chi connectivity index (χ3v) is 6.59. The van der Waals surface area contributed by atoms with Gasteiger partial charge in [-0.05, 0) is 73.6 Å². The van der Waals surface area contributed by atoms with Gasteiger partial charge in [-0.2, -0.15) is 5.10 Å². The van der Waals surface area contributed by atoms with E-state index in [-0.39, 0.29) is 0 Å². The van der Waals surface area contributed by atoms with Gasteiger partial charge in [0.25, 0.3) is 0 Å². The van der Waals surface area contributed by atoms with E-state index >= 15 is 0 Å². The Balaban J connectivity index is 1.78. The maximum absolute atomic E-state index is 5.70. The van der Waals surface area contributed by atoms with Crippen molar-refractivity contribution in [2.24, 2.45) is 5.10 Å². The second-order valence-electron chi connectivity index (χ2n) is 7.00. The lowest BCUT2D eigenvalue weighted by atomic mass is 10.00. The van der Waals surface area contributed by atoms with E-state index in [1.807, 2.05) is 53.5 Å². The number of ether oxygens (including phenoxy) is 2. The first-order valence-electron chi connectivity index (χ1n) is 9.55. The molecule has 1 aromatic heterocycles. The van der Waals surface area contributed by atoms with E-state index in [2.05, 4.69) is 19.2 Å². The third kappa shape index (κ3) is 3.91. The number of hydrogen-bond donors (Lipinski definition) is 1. The molecule has 0 saturated heterocycles. The fourth-order valence-corrected chi connectivity index (χ4v) is 4.67. The zero-order valence-electron chi connectivity index (χ0n) is 17.4. The second kappa shape index (κ2) is 8.45. The van der Waals surface area contributed by atoms with Crippen molar-refractivity contribution in [1.29, 1.82) is 0 Å². The van der Waals surface area contributed by atoms with Crippen LogP contribution in [-0.2, 0) is 6.54 Å². The minimum Gasteiger partial charge on any atom is -0.497 e. The van der Waals surface area contributed by atoms with Crippen LogP contribution in [0.25, 0.3) is 0 Å². The molecule has 0 spiro atoms. The largest absolute Gasteiger partial charge is 0.497 e. The molecule has 0 amide bonds. The number of fused-ring (bicyclic) bond motifs is 1. The van der Waals surface area contributed by atoms with Gasteiger partial charge < -0.3 is 14.8 Å². The molecule has 0 saturated carbocycles. The van der Waals surface area contributed by atoms with Gasteiger partial charge in [-0.25, -0.2) is 5.01 Å². The number of hydrazone groups is 1. The van der Waals surface area contributed by atoms with Crippen LogP contribution >= 0.6 is 23.6 Å². The molecule has 5 nitrogen and oxygen atoms in total. The number of thiocarbonyl (C=S) groups is 1. The number of benzene rings is 2. The minimum atomic E-state index is 0.558. The van der Waals surface area contributed by atoms with Crippen LogP contribution in [0.3, 0.4) is 0 Å². The fourth-order valence-electron chi connectivity index (χ4n) is 3.34. The van der Waals surface area contributed by atoms with Crippen molar-refractivity contribution in [2.45, 2.75) is 20.4 Å². The highest BCUT2D eigenvalue weighted by Gasteiger charge is 2.26. The van der Waals surface area contributed by atoms with Crippen molar-refractivity contribution in [2.75, 3.05) is 19.5 Å². The van der Waals surface area contributed by atoms with E-state index in [0.29, 0.717) is 11.7 Å². The lowest BCUT2D eigenvalue weighted by molar-refractivity contribution is 0.413. The summed E-state index contributed by atoms with van der Waals surface area (Å²) in [5, 5.41) is 11.9. The summed E-state index contributed by atoms with van der Waals surface area (Å²) >= 11 is 7.41. The highest BCUT2D eigenvalue weighted by molar-refractivity contribution is 7.80. The minimum absolute atomic E-state index is 0.558. The first-order chi connectivity index (χ1) is 14.5. The number of methoxy groups -OCH3 is 2. The number of nitrogens with one attached hydrogen (secondary N) is 1. The van der Waals surface area contributed by atoms with E-state index in [9.17, 15) is 0 Å². The molecule has 0 fully saturated rings. The highest BCUT2D eigenvalue weighted by atomic mass is 32.1. The molecule has 0 bridgehead atoms. The third-order valence-electron chi connectivity index (χ3n) is 5.15. The lowest BCUT2D eigenvalue weighted by Crippen LogP contribution is -2.29. The average molecular weight is 438 g/mol. The van der Waals surface area contributed by atoms with Gasteiger partial charge in [0, 0.05) is 16.0 Å². The fraction of sp³-hybridized carbons (Fsp3) is 0.217. The smallest absolute Gasteiger partial charge is 0.195 e. The van der Waals surface area contributed by atoms with Crippen molar-refractivity contribution in [3.05, 3.63) is 75.7 Å². The van der Waals surface area contributed by atoms with Gasteiger partial charge in [-0.1, -0.05) is 12.1 Å². The van der Waals surface area contributed by atoms with Gasteiger partial charge in [0.15, 0.2) is 5.11 Å². The molecular weight excluding hydrogens is 414 g/mol. The predicted octanol–water partition coefficient (Wildman–Crippen LogP) is 5.35. The molecule has 7 heteroatoms. The van der Waals surface area contributed by atoms with Gasteiger partial charge in [0.1, 0.15) is 22.2 Å². The van der Waals surface area contributed by atoms with Crippen molar-refractivity contribution < 1.29 is 9.47 Å². The summed E-state index contributed by atoms with van der Waals surface area (Å²) < 4.78 is 10.6. The van der Waals surface area contributed by atoms with Gasteiger partial charge >= 0.3 is 0 Å². The number of hydrogen-bond acceptors (Lipinski definition) is 5. The quantitative estimate of drug-likeness (QED) is 0.546. The van der Waals surface area contributed by atoms with E-state index in [1.54, 1.807) is 25.6 Å². The summed E-state index contributed by atoms with van der Waals surface area (Å²) in [4.78, 5) is 1.25. The Bertz CT molecular complexity index is 1100. The molecule has 154 valence electrons. The Labute approximate surface area is 185 Å². The summed E-state index contributed by atoms with van der Waals surface area (Å²) in [5.74, 6) is 1.64. The normalized spacial score (nSPS) is 13.3. The van der Waals surface area contributed by atoms with Crippen molar-refractivity contribution >= 4 is 39.4 Å². The number of rotatable bonds is 5. The Morgan fingerprint density at radius 2 is 1.57 bits per heavy atom. The molecule has 2 heterocycles. The van der Waals surface area contributed by atoms with Crippen molar-refractivity contribution in [1.82, 2.24) is 5.01 Å². The van der Waals surface area contributed by atoms with E-state index in [4.69, 9.17) is 26.8 Å². The van der Waals surface area contributed by atoms with Crippen LogP contribution in [0.2, 0.25) is 0 Å². The molecular formula is C23H23N3O2S2. The van der Waals surface area contributed by atoms with E-state index in [1.165, 1.54) is 10.4 Å². The molecule has 2 aromatic carbocycles. The number of aryl methyl sites for hydroxylation is 1. The van der Waals surface area contributed by atoms with Gasteiger partial charge in [0.05, 0.1) is 20.8 Å². The molecule has 0 atom stereocenters. The molecule has 0 radical (unpaired) electrons. The summed E-state index contributed by atoms with van der Waals surface area (Å²) in [7, 11) is 3.33. The molecule has 1 N–H and O–H groups in total. The number of nitrogens with zero attached hydrogens (tertiary/aromatic N) is 2. The van der Waals surface area contributed by atoms with Crippen LogP contribution < -0.4 is 14.8 Å². The van der Waals surface area contributed by atoms with Gasteiger partial charge in [0.2, 0.25) is 0 Å². The maximum Gasteiger partial charge on any atom is 0.195 e. The molecule has 4 rings (SSSR count). The first-order valence-corrected chi connectivity index (χ1v) is 10.8. The number of thiophene rings is 1. The average Bonchev–Trinajstić information content (AvgIpc) is 2.96. The van der Waals surface area contributed by atoms with Crippen LogP contribution in [0.4, 0.5) is 5.00 Å². The van der Waals surface area contributed by atoms with Gasteiger partial charge in [-0.3, -0.25) is 0 Å². The molecule has 0 aliphatic carbocycles. The summed E-state index contributed by atoms with van der Waals surface area (Å²) in [6.07, 6.45) is 0. The standard InChI is InChI=1S/C23H23N3O2S2/c1-14-15(2)30-22-20(14)21(17-7-11-19(28-4)12-8-17)25-26(23(29)24-22)13-16-5-9-18(27-3)10-6-16/h5-12H,13H2,1-4H3,(H,24,29). The molecule has 30 heavy (non-hydrogen) atoms. The summed E-state index contributed by atoms with van der Waals surface area (Å²) in [6.45, 7) is 4.82.